The van der Waals surface area contributed by atoms with Crippen LogP contribution in [0.25, 0.3) is 11.0 Å². The number of H-pyrrole nitrogens is 1. The number of aromatic nitrogens is 3. The Kier molecular flexibility index (Phi) is 3.13. The smallest absolute Gasteiger partial charge is 0.241 e. The van der Waals surface area contributed by atoms with Crippen LogP contribution < -0.4 is 10.1 Å². The zero-order chi connectivity index (χ0) is 13.5. The molecule has 106 valence electrons. The predicted octanol–water partition coefficient (Wildman–Crippen LogP) is 1.33. The van der Waals surface area contributed by atoms with Crippen LogP contribution in [0.2, 0.25) is 0 Å². The number of hydrogen-bond acceptors (Lipinski definition) is 5. The van der Waals surface area contributed by atoms with Crippen molar-refractivity contribution >= 4 is 27.0 Å². The Balaban J connectivity index is 1.67. The van der Waals surface area contributed by atoms with Gasteiger partial charge in [0.15, 0.2) is 0 Å². The first-order valence-electron chi connectivity index (χ1n) is 6.75. The Bertz CT molecular complexity index is 610. The van der Waals surface area contributed by atoms with E-state index >= 15 is 0 Å². The van der Waals surface area contributed by atoms with E-state index < -0.39 is 0 Å². The minimum atomic E-state index is 0.158. The molecule has 0 aliphatic carbocycles. The molecule has 4 rings (SSSR count). The van der Waals surface area contributed by atoms with Crippen LogP contribution in [0.15, 0.2) is 17.0 Å². The van der Waals surface area contributed by atoms with Gasteiger partial charge in [0.25, 0.3) is 0 Å². The number of nitrogens with zero attached hydrogens (tertiary/aromatic N) is 2. The fourth-order valence-corrected chi connectivity index (χ4v) is 3.46. The summed E-state index contributed by atoms with van der Waals surface area (Å²) in [6.45, 7) is 3.36. The lowest BCUT2D eigenvalue weighted by Crippen LogP contribution is -2.56. The molecule has 0 radical (unpaired) electrons. The monoisotopic (exact) mass is 338 g/mol. The fourth-order valence-electron chi connectivity index (χ4n) is 3.04. The Morgan fingerprint density at radius 2 is 2.05 bits per heavy atom. The summed E-state index contributed by atoms with van der Waals surface area (Å²) in [6.07, 6.45) is 3.56. The normalized spacial score (nSPS) is 29.6. The molecule has 2 fully saturated rings. The standard InChI is InChI=1S/C13H15BrN4O2/c14-9-3-16-11-10(9)17-6-18-13(11)20-12-7-1-15-2-8(12)5-19-4-7/h3,6-8,12,15-16H,1-2,4-5H2. The van der Waals surface area contributed by atoms with E-state index in [1.165, 1.54) is 0 Å². The van der Waals surface area contributed by atoms with Gasteiger partial charge in [-0.2, -0.15) is 4.98 Å². The van der Waals surface area contributed by atoms with Crippen LogP contribution >= 0.6 is 15.9 Å². The molecule has 2 atom stereocenters. The van der Waals surface area contributed by atoms with Gasteiger partial charge in [0.05, 0.1) is 17.7 Å². The van der Waals surface area contributed by atoms with E-state index in [9.17, 15) is 0 Å². The van der Waals surface area contributed by atoms with Crippen molar-refractivity contribution in [3.05, 3.63) is 17.0 Å². The van der Waals surface area contributed by atoms with Crippen LogP contribution in [0.4, 0.5) is 0 Å². The van der Waals surface area contributed by atoms with Crippen LogP contribution in [0.1, 0.15) is 0 Å². The van der Waals surface area contributed by atoms with Gasteiger partial charge in [0.1, 0.15) is 23.5 Å². The third-order valence-electron chi connectivity index (χ3n) is 4.04. The van der Waals surface area contributed by atoms with Crippen molar-refractivity contribution < 1.29 is 9.47 Å². The lowest BCUT2D eigenvalue weighted by molar-refractivity contribution is -0.0829. The van der Waals surface area contributed by atoms with E-state index in [1.54, 1.807) is 6.33 Å². The molecule has 2 aliphatic rings. The summed E-state index contributed by atoms with van der Waals surface area (Å²) in [6, 6.07) is 0. The van der Waals surface area contributed by atoms with E-state index in [0.717, 1.165) is 41.8 Å². The Morgan fingerprint density at radius 3 is 2.85 bits per heavy atom. The van der Waals surface area contributed by atoms with E-state index in [1.807, 2.05) is 6.20 Å². The highest BCUT2D eigenvalue weighted by atomic mass is 79.9. The Labute approximate surface area is 124 Å². The molecule has 2 bridgehead atoms. The SMILES string of the molecule is Brc1c[nH]c2c(OC3C4CNCC3COC4)ncnc12. The summed E-state index contributed by atoms with van der Waals surface area (Å²) in [5.41, 5.74) is 1.70. The topological polar surface area (TPSA) is 72.1 Å². The van der Waals surface area contributed by atoms with Crippen molar-refractivity contribution in [3.63, 3.8) is 0 Å². The molecule has 2 saturated heterocycles. The van der Waals surface area contributed by atoms with Crippen molar-refractivity contribution in [1.82, 2.24) is 20.3 Å². The number of nitrogens with one attached hydrogen (secondary N) is 2. The lowest BCUT2D eigenvalue weighted by Gasteiger charge is -2.41. The molecule has 0 amide bonds. The van der Waals surface area contributed by atoms with Gasteiger partial charge in [0.2, 0.25) is 5.88 Å². The quantitative estimate of drug-likeness (QED) is 0.864. The molecule has 20 heavy (non-hydrogen) atoms. The number of aromatic amines is 1. The Hall–Kier alpha value is -1.18. The molecule has 6 nitrogen and oxygen atoms in total. The molecule has 2 aromatic rings. The van der Waals surface area contributed by atoms with Gasteiger partial charge in [-0.1, -0.05) is 0 Å². The minimum absolute atomic E-state index is 0.158. The second kappa shape index (κ2) is 4.98. The number of fused-ring (bicyclic) bond motifs is 3. The maximum Gasteiger partial charge on any atom is 0.241 e. The number of hydrogen-bond donors (Lipinski definition) is 2. The maximum atomic E-state index is 6.23. The predicted molar refractivity (Wildman–Crippen MR) is 76.7 cm³/mol. The summed E-state index contributed by atoms with van der Waals surface area (Å²) < 4.78 is 12.8. The summed E-state index contributed by atoms with van der Waals surface area (Å²) in [7, 11) is 0. The van der Waals surface area contributed by atoms with Crippen LogP contribution in [0, 0.1) is 11.8 Å². The zero-order valence-corrected chi connectivity index (χ0v) is 12.4. The summed E-state index contributed by atoms with van der Waals surface area (Å²) in [4.78, 5) is 11.7. The van der Waals surface area contributed by atoms with Crippen LogP contribution in [-0.4, -0.2) is 47.4 Å². The highest BCUT2D eigenvalue weighted by molar-refractivity contribution is 9.10. The van der Waals surface area contributed by atoms with E-state index in [-0.39, 0.29) is 6.10 Å². The first kappa shape index (κ1) is 12.6. The van der Waals surface area contributed by atoms with E-state index in [0.29, 0.717) is 17.7 Å². The highest BCUT2D eigenvalue weighted by Crippen LogP contribution is 2.31. The number of rotatable bonds is 2. The van der Waals surface area contributed by atoms with Gasteiger partial charge >= 0.3 is 0 Å². The van der Waals surface area contributed by atoms with Gasteiger partial charge < -0.3 is 19.8 Å². The van der Waals surface area contributed by atoms with Gasteiger partial charge in [0, 0.05) is 31.1 Å². The van der Waals surface area contributed by atoms with Gasteiger partial charge in [-0.3, -0.25) is 0 Å². The zero-order valence-electron chi connectivity index (χ0n) is 10.8. The lowest BCUT2D eigenvalue weighted by atomic mass is 9.86. The average molecular weight is 339 g/mol. The second-order valence-electron chi connectivity index (χ2n) is 5.34. The first-order valence-corrected chi connectivity index (χ1v) is 7.55. The molecule has 4 heterocycles. The molecule has 2 N–H and O–H groups in total. The first-order chi connectivity index (χ1) is 9.83. The summed E-state index contributed by atoms with van der Waals surface area (Å²) in [5, 5.41) is 3.44. The molecule has 2 aliphatic heterocycles. The number of piperidine rings is 1. The molecular formula is C13H15BrN4O2. The molecule has 0 spiro atoms. The fraction of sp³-hybridized carbons (Fsp3) is 0.538. The summed E-state index contributed by atoms with van der Waals surface area (Å²) in [5.74, 6) is 1.39. The van der Waals surface area contributed by atoms with Gasteiger partial charge in [-0.25, -0.2) is 4.98 Å². The van der Waals surface area contributed by atoms with Crippen molar-refractivity contribution in [2.75, 3.05) is 26.3 Å². The van der Waals surface area contributed by atoms with E-state index in [4.69, 9.17) is 9.47 Å². The van der Waals surface area contributed by atoms with Gasteiger partial charge in [-0.15, -0.1) is 0 Å². The molecule has 7 heteroatoms. The molecule has 2 unspecified atom stereocenters. The minimum Gasteiger partial charge on any atom is -0.472 e. The number of halogens is 1. The highest BCUT2D eigenvalue weighted by Gasteiger charge is 2.39. The van der Waals surface area contributed by atoms with Crippen molar-refractivity contribution in [2.24, 2.45) is 11.8 Å². The third kappa shape index (κ3) is 2.01. The van der Waals surface area contributed by atoms with Crippen molar-refractivity contribution in [3.8, 4) is 5.88 Å². The third-order valence-corrected chi connectivity index (χ3v) is 4.64. The number of ether oxygens (including phenoxy) is 2. The molecular weight excluding hydrogens is 324 g/mol. The summed E-state index contributed by atoms with van der Waals surface area (Å²) >= 11 is 3.47. The average Bonchev–Trinajstić information content (AvgIpc) is 2.82. The van der Waals surface area contributed by atoms with E-state index in [2.05, 4.69) is 36.2 Å². The molecule has 2 aromatic heterocycles. The molecule has 0 aromatic carbocycles. The Morgan fingerprint density at radius 1 is 1.25 bits per heavy atom. The molecule has 0 saturated carbocycles. The van der Waals surface area contributed by atoms with Crippen molar-refractivity contribution in [1.29, 1.82) is 0 Å². The van der Waals surface area contributed by atoms with Crippen LogP contribution in [0.5, 0.6) is 5.88 Å². The maximum absolute atomic E-state index is 6.23. The van der Waals surface area contributed by atoms with Crippen LogP contribution in [-0.2, 0) is 4.74 Å². The largest absolute Gasteiger partial charge is 0.472 e. The van der Waals surface area contributed by atoms with Gasteiger partial charge in [-0.05, 0) is 15.9 Å². The van der Waals surface area contributed by atoms with Crippen LogP contribution in [0.3, 0.4) is 0 Å². The second-order valence-corrected chi connectivity index (χ2v) is 6.19. The van der Waals surface area contributed by atoms with Crippen molar-refractivity contribution in [2.45, 2.75) is 6.10 Å².